The van der Waals surface area contributed by atoms with Gasteiger partial charge in [-0.2, -0.15) is 11.8 Å². The van der Waals surface area contributed by atoms with Crippen molar-refractivity contribution >= 4 is 17.7 Å². The summed E-state index contributed by atoms with van der Waals surface area (Å²) in [6.45, 7) is 0.661. The number of nitrogens with two attached hydrogens (primary N) is 1. The molecule has 0 fully saturated rings. The van der Waals surface area contributed by atoms with E-state index in [4.69, 9.17) is 5.73 Å². The fraction of sp³-hybridized carbons (Fsp3) is 0.462. The first kappa shape index (κ1) is 15.7. The molecule has 1 atom stereocenters. The molecule has 5 nitrogen and oxygen atoms in total. The summed E-state index contributed by atoms with van der Waals surface area (Å²) in [5.41, 5.74) is 6.58. The number of carbonyl (C=O) groups excluding carboxylic acids is 1. The normalized spacial score (nSPS) is 12.2. The largest absolute Gasteiger partial charge is 0.504 e. The lowest BCUT2D eigenvalue weighted by Gasteiger charge is -2.21. The van der Waals surface area contributed by atoms with E-state index in [2.05, 4.69) is 0 Å². The van der Waals surface area contributed by atoms with Crippen molar-refractivity contribution in [2.24, 2.45) is 5.73 Å². The average molecular weight is 284 g/mol. The Labute approximate surface area is 117 Å². The maximum absolute atomic E-state index is 12.0. The van der Waals surface area contributed by atoms with E-state index >= 15 is 0 Å². The quantitative estimate of drug-likeness (QED) is 0.672. The van der Waals surface area contributed by atoms with Gasteiger partial charge in [-0.05, 0) is 30.4 Å². The number of carbonyl (C=O) groups is 1. The number of nitrogens with zero attached hydrogens (tertiary/aromatic N) is 1. The van der Waals surface area contributed by atoms with Gasteiger partial charge in [0.25, 0.3) is 0 Å². The summed E-state index contributed by atoms with van der Waals surface area (Å²) < 4.78 is 0. The third kappa shape index (κ3) is 4.65. The Balaban J connectivity index is 2.60. The van der Waals surface area contributed by atoms with Gasteiger partial charge in [0.05, 0.1) is 6.04 Å². The number of likely N-dealkylation sites (N-methyl/N-ethyl adjacent to an activating group) is 1. The summed E-state index contributed by atoms with van der Waals surface area (Å²) >= 11 is 1.67. The van der Waals surface area contributed by atoms with Crippen molar-refractivity contribution in [3.05, 3.63) is 23.8 Å². The van der Waals surface area contributed by atoms with E-state index in [-0.39, 0.29) is 17.4 Å². The van der Waals surface area contributed by atoms with Crippen LogP contribution in [0.25, 0.3) is 0 Å². The number of hydrogen-bond acceptors (Lipinski definition) is 5. The molecule has 106 valence electrons. The van der Waals surface area contributed by atoms with E-state index < -0.39 is 6.04 Å². The van der Waals surface area contributed by atoms with Crippen LogP contribution in [0.4, 0.5) is 0 Å². The van der Waals surface area contributed by atoms with Gasteiger partial charge in [-0.1, -0.05) is 6.07 Å². The zero-order valence-corrected chi connectivity index (χ0v) is 12.0. The van der Waals surface area contributed by atoms with Crippen LogP contribution >= 0.6 is 11.8 Å². The average Bonchev–Trinajstić information content (AvgIpc) is 2.39. The van der Waals surface area contributed by atoms with Crippen molar-refractivity contribution in [3.8, 4) is 11.5 Å². The fourth-order valence-electron chi connectivity index (χ4n) is 1.66. The number of aromatic hydroxyl groups is 2. The van der Waals surface area contributed by atoms with Crippen molar-refractivity contribution in [2.45, 2.75) is 12.5 Å². The number of phenols is 2. The van der Waals surface area contributed by atoms with Crippen LogP contribution in [-0.4, -0.2) is 52.7 Å². The molecule has 0 aromatic heterocycles. The predicted molar refractivity (Wildman–Crippen MR) is 77.5 cm³/mol. The molecule has 1 aromatic carbocycles. The van der Waals surface area contributed by atoms with Crippen LogP contribution < -0.4 is 5.73 Å². The number of thioether (sulfide) groups is 1. The molecule has 0 saturated carbocycles. The van der Waals surface area contributed by atoms with Crippen molar-refractivity contribution in [1.29, 1.82) is 0 Å². The van der Waals surface area contributed by atoms with Gasteiger partial charge in [-0.15, -0.1) is 0 Å². The summed E-state index contributed by atoms with van der Waals surface area (Å²) in [5.74, 6) is 0.366. The molecular formula is C13H20N2O3S. The third-order valence-electron chi connectivity index (χ3n) is 2.82. The summed E-state index contributed by atoms with van der Waals surface area (Å²) in [4.78, 5) is 13.6. The second-order valence-electron chi connectivity index (χ2n) is 4.39. The molecule has 0 bridgehead atoms. The minimum atomic E-state index is -0.643. The number of hydrogen-bond donors (Lipinski definition) is 3. The molecule has 0 unspecified atom stereocenters. The lowest BCUT2D eigenvalue weighted by atomic mass is 10.1. The van der Waals surface area contributed by atoms with Gasteiger partial charge in [-0.3, -0.25) is 4.79 Å². The summed E-state index contributed by atoms with van der Waals surface area (Å²) in [5, 5.41) is 18.6. The van der Waals surface area contributed by atoms with Gasteiger partial charge < -0.3 is 20.8 Å². The smallest absolute Gasteiger partial charge is 0.239 e. The zero-order valence-electron chi connectivity index (χ0n) is 11.2. The highest BCUT2D eigenvalue weighted by Gasteiger charge is 2.18. The monoisotopic (exact) mass is 284 g/mol. The molecule has 1 rings (SSSR count). The van der Waals surface area contributed by atoms with Crippen LogP contribution in [0, 0.1) is 0 Å². The van der Waals surface area contributed by atoms with Crippen LogP contribution in [0.2, 0.25) is 0 Å². The predicted octanol–water partition coefficient (Wildman–Crippen LogP) is 0.789. The van der Waals surface area contributed by atoms with E-state index in [1.165, 1.54) is 12.1 Å². The van der Waals surface area contributed by atoms with E-state index in [0.29, 0.717) is 13.0 Å². The number of amides is 1. The van der Waals surface area contributed by atoms with E-state index in [1.807, 2.05) is 6.26 Å². The summed E-state index contributed by atoms with van der Waals surface area (Å²) in [6, 6.07) is 3.81. The van der Waals surface area contributed by atoms with Crippen LogP contribution in [0.5, 0.6) is 11.5 Å². The Kier molecular flexibility index (Phi) is 5.98. The maximum Gasteiger partial charge on any atom is 0.239 e. The van der Waals surface area contributed by atoms with Crippen molar-refractivity contribution in [3.63, 3.8) is 0 Å². The Bertz CT molecular complexity index is 440. The van der Waals surface area contributed by atoms with E-state index in [9.17, 15) is 15.0 Å². The zero-order chi connectivity index (χ0) is 14.4. The number of phenolic OH excluding ortho intramolecular Hbond substituents is 2. The Morgan fingerprint density at radius 2 is 2.11 bits per heavy atom. The molecular weight excluding hydrogens is 264 g/mol. The van der Waals surface area contributed by atoms with Crippen molar-refractivity contribution in [1.82, 2.24) is 4.90 Å². The Hall–Kier alpha value is -1.40. The minimum Gasteiger partial charge on any atom is -0.504 e. The summed E-state index contributed by atoms with van der Waals surface area (Å²) in [7, 11) is 1.73. The van der Waals surface area contributed by atoms with Gasteiger partial charge in [0.1, 0.15) is 0 Å². The molecule has 19 heavy (non-hydrogen) atoms. The summed E-state index contributed by atoms with van der Waals surface area (Å²) in [6.07, 6.45) is 2.31. The highest BCUT2D eigenvalue weighted by Crippen LogP contribution is 2.25. The van der Waals surface area contributed by atoms with Crippen molar-refractivity contribution < 1.29 is 15.0 Å². The van der Waals surface area contributed by atoms with Crippen LogP contribution in [0.15, 0.2) is 18.2 Å². The number of rotatable bonds is 6. The molecule has 0 aliphatic rings. The van der Waals surface area contributed by atoms with Gasteiger partial charge in [0.15, 0.2) is 11.5 Å². The minimum absolute atomic E-state index is 0.124. The Morgan fingerprint density at radius 3 is 2.68 bits per heavy atom. The first-order chi connectivity index (χ1) is 8.95. The lowest BCUT2D eigenvalue weighted by Crippen LogP contribution is -2.43. The maximum atomic E-state index is 12.0. The molecule has 6 heteroatoms. The second-order valence-corrected chi connectivity index (χ2v) is 5.37. The van der Waals surface area contributed by atoms with E-state index in [1.54, 1.807) is 29.8 Å². The first-order valence-electron chi connectivity index (χ1n) is 5.96. The van der Waals surface area contributed by atoms with Crippen LogP contribution in [0.3, 0.4) is 0 Å². The molecule has 0 aliphatic carbocycles. The van der Waals surface area contributed by atoms with Crippen LogP contribution in [0.1, 0.15) is 5.56 Å². The van der Waals surface area contributed by atoms with Crippen LogP contribution in [-0.2, 0) is 11.2 Å². The fourth-order valence-corrected chi connectivity index (χ4v) is 2.12. The van der Waals surface area contributed by atoms with Gasteiger partial charge in [-0.25, -0.2) is 0 Å². The first-order valence-corrected chi connectivity index (χ1v) is 7.35. The standard InChI is InChI=1S/C13H20N2O3S/c1-15(5-6-19-2)13(18)10(14)7-9-3-4-11(16)12(17)8-9/h3-4,8,10,16-17H,5-7,14H2,1-2H3/t10-/m0/s1. The Morgan fingerprint density at radius 1 is 1.42 bits per heavy atom. The SMILES string of the molecule is CSCCN(C)C(=O)[C@@H](N)Cc1ccc(O)c(O)c1. The molecule has 0 radical (unpaired) electrons. The number of benzene rings is 1. The molecule has 1 amide bonds. The third-order valence-corrected chi connectivity index (χ3v) is 3.41. The topological polar surface area (TPSA) is 86.8 Å². The highest BCUT2D eigenvalue weighted by atomic mass is 32.2. The van der Waals surface area contributed by atoms with Crippen molar-refractivity contribution in [2.75, 3.05) is 25.6 Å². The van der Waals surface area contributed by atoms with E-state index in [0.717, 1.165) is 11.3 Å². The molecule has 4 N–H and O–H groups in total. The highest BCUT2D eigenvalue weighted by molar-refractivity contribution is 7.98. The van der Waals surface area contributed by atoms with Gasteiger partial charge in [0.2, 0.25) is 5.91 Å². The molecule has 0 heterocycles. The van der Waals surface area contributed by atoms with Gasteiger partial charge in [0, 0.05) is 19.3 Å². The molecule has 0 spiro atoms. The molecule has 1 aromatic rings. The second kappa shape index (κ2) is 7.25. The lowest BCUT2D eigenvalue weighted by molar-refractivity contribution is -0.131. The van der Waals surface area contributed by atoms with Gasteiger partial charge >= 0.3 is 0 Å². The molecule has 0 saturated heterocycles. The molecule has 0 aliphatic heterocycles.